The van der Waals surface area contributed by atoms with Crippen LogP contribution in [-0.2, 0) is 0 Å². The van der Waals surface area contributed by atoms with Gasteiger partial charge in [0.15, 0.2) is 0 Å². The molecule has 0 bridgehead atoms. The van der Waals surface area contributed by atoms with Gasteiger partial charge in [-0.3, -0.25) is 0 Å². The van der Waals surface area contributed by atoms with Crippen LogP contribution in [0.5, 0.6) is 0 Å². The molecule has 0 aliphatic carbocycles. The molecule has 0 atom stereocenters. The van der Waals surface area contributed by atoms with Gasteiger partial charge in [0.25, 0.3) is 0 Å². The van der Waals surface area contributed by atoms with Crippen LogP contribution < -0.4 is 5.14 Å². The third-order valence-electron chi connectivity index (χ3n) is 1.14. The van der Waals surface area contributed by atoms with E-state index in [2.05, 4.69) is 0 Å². The predicted molar refractivity (Wildman–Crippen MR) is 40.1 cm³/mol. The molecule has 47 valence electrons. The molecule has 0 aromatic heterocycles. The van der Waals surface area contributed by atoms with Crippen LogP contribution in [0.4, 0.5) is 0 Å². The number of hydrogen-bond donors (Lipinski definition) is 0. The maximum absolute atomic E-state index is 6.93. The quantitative estimate of drug-likeness (QED) is 0.546. The van der Waals surface area contributed by atoms with Gasteiger partial charge in [0.2, 0.25) is 0 Å². The summed E-state index contributed by atoms with van der Waals surface area (Å²) >= 11 is 1.03. The Balaban J connectivity index is 2.88. The van der Waals surface area contributed by atoms with Crippen LogP contribution in [0.2, 0.25) is 0 Å². The van der Waals surface area contributed by atoms with E-state index in [4.69, 9.17) is 5.14 Å². The summed E-state index contributed by atoms with van der Waals surface area (Å²) in [6, 6.07) is 7.92. The third kappa shape index (κ3) is 1.73. The van der Waals surface area contributed by atoms with E-state index in [0.717, 1.165) is 16.8 Å². The minimum absolute atomic E-state index is 1.00. The maximum atomic E-state index is 6.93. The van der Waals surface area contributed by atoms with Gasteiger partial charge < -0.3 is 0 Å². The number of benzene rings is 1. The molecule has 1 aromatic rings. The highest BCUT2D eigenvalue weighted by molar-refractivity contribution is 7.96. The Morgan fingerprint density at radius 2 is 1.78 bits per heavy atom. The van der Waals surface area contributed by atoms with E-state index in [9.17, 15) is 0 Å². The standard InChI is InChI=1S/C7H8NS/c1-6-2-4-7(9-8)5-3-6/h2-5,8H,1H3. The average Bonchev–Trinajstić information content (AvgIpc) is 1.90. The first-order valence-electron chi connectivity index (χ1n) is 2.73. The van der Waals surface area contributed by atoms with E-state index in [1.165, 1.54) is 5.56 Å². The molecule has 1 radical (unpaired) electrons. The lowest BCUT2D eigenvalue weighted by molar-refractivity contribution is 1.38. The summed E-state index contributed by atoms with van der Waals surface area (Å²) in [5, 5.41) is 6.93. The first-order chi connectivity index (χ1) is 4.33. The highest BCUT2D eigenvalue weighted by Crippen LogP contribution is 2.12. The fraction of sp³-hybridized carbons (Fsp3) is 0.143. The molecular weight excluding hydrogens is 130 g/mol. The van der Waals surface area contributed by atoms with E-state index in [-0.39, 0.29) is 0 Å². The molecule has 1 N–H and O–H groups in total. The van der Waals surface area contributed by atoms with Crippen LogP contribution in [0.3, 0.4) is 0 Å². The smallest absolute Gasteiger partial charge is 0.0240 e. The van der Waals surface area contributed by atoms with Crippen molar-refractivity contribution in [3.63, 3.8) is 0 Å². The molecule has 9 heavy (non-hydrogen) atoms. The van der Waals surface area contributed by atoms with Crippen LogP contribution in [0.1, 0.15) is 5.56 Å². The molecule has 0 spiro atoms. The summed E-state index contributed by atoms with van der Waals surface area (Å²) in [5.74, 6) is 0. The molecular formula is C7H8NS. The lowest BCUT2D eigenvalue weighted by Crippen LogP contribution is -1.71. The number of aryl methyl sites for hydroxylation is 1. The number of nitrogens with one attached hydrogen (secondary N) is 1. The average molecular weight is 138 g/mol. The van der Waals surface area contributed by atoms with Gasteiger partial charge in [0.1, 0.15) is 0 Å². The Hall–Kier alpha value is -0.470. The van der Waals surface area contributed by atoms with Gasteiger partial charge in [-0.15, -0.1) is 0 Å². The van der Waals surface area contributed by atoms with E-state index < -0.39 is 0 Å². The van der Waals surface area contributed by atoms with Crippen molar-refractivity contribution in [2.24, 2.45) is 0 Å². The molecule has 1 nitrogen and oxygen atoms in total. The second-order valence-electron chi connectivity index (χ2n) is 1.92. The van der Waals surface area contributed by atoms with Crippen molar-refractivity contribution < 1.29 is 0 Å². The summed E-state index contributed by atoms with van der Waals surface area (Å²) < 4.78 is 0. The van der Waals surface area contributed by atoms with Gasteiger partial charge in [-0.25, -0.2) is 0 Å². The first kappa shape index (κ1) is 6.65. The van der Waals surface area contributed by atoms with Crippen LogP contribution in [0.15, 0.2) is 29.2 Å². The van der Waals surface area contributed by atoms with E-state index >= 15 is 0 Å². The molecule has 1 aromatic carbocycles. The van der Waals surface area contributed by atoms with Crippen LogP contribution >= 0.6 is 11.9 Å². The van der Waals surface area contributed by atoms with Crippen molar-refractivity contribution >= 4 is 11.9 Å². The topological polar surface area (TPSA) is 23.8 Å². The molecule has 0 saturated heterocycles. The highest BCUT2D eigenvalue weighted by Gasteiger charge is 1.86. The van der Waals surface area contributed by atoms with E-state index in [1.807, 2.05) is 31.2 Å². The van der Waals surface area contributed by atoms with Gasteiger partial charge in [0, 0.05) is 4.90 Å². The first-order valence-corrected chi connectivity index (χ1v) is 3.55. The van der Waals surface area contributed by atoms with E-state index in [0.29, 0.717) is 0 Å². The second kappa shape index (κ2) is 2.90. The summed E-state index contributed by atoms with van der Waals surface area (Å²) in [5.41, 5.74) is 1.24. The lowest BCUT2D eigenvalue weighted by atomic mass is 10.2. The maximum Gasteiger partial charge on any atom is 0.0240 e. The summed E-state index contributed by atoms with van der Waals surface area (Å²) in [6.45, 7) is 2.04. The molecule has 0 fully saturated rings. The van der Waals surface area contributed by atoms with Crippen molar-refractivity contribution in [2.75, 3.05) is 0 Å². The fourth-order valence-corrected chi connectivity index (χ4v) is 0.878. The van der Waals surface area contributed by atoms with Gasteiger partial charge in [-0.1, -0.05) is 17.7 Å². The zero-order valence-electron chi connectivity index (χ0n) is 5.22. The predicted octanol–water partition coefficient (Wildman–Crippen LogP) is 2.29. The fourth-order valence-electron chi connectivity index (χ4n) is 0.606. The number of rotatable bonds is 1. The highest BCUT2D eigenvalue weighted by atomic mass is 32.2. The molecule has 0 aliphatic rings. The van der Waals surface area contributed by atoms with Crippen molar-refractivity contribution in [1.82, 2.24) is 5.14 Å². The molecule has 0 saturated carbocycles. The van der Waals surface area contributed by atoms with Crippen molar-refractivity contribution in [3.05, 3.63) is 29.8 Å². The molecule has 0 aliphatic heterocycles. The largest absolute Gasteiger partial charge is 0.186 e. The Labute approximate surface area is 59.4 Å². The number of hydrogen-bond acceptors (Lipinski definition) is 1. The van der Waals surface area contributed by atoms with Crippen molar-refractivity contribution in [3.8, 4) is 0 Å². The SMILES string of the molecule is Cc1ccc(S[NH])cc1. The molecule has 1 rings (SSSR count). The second-order valence-corrected chi connectivity index (χ2v) is 2.59. The lowest BCUT2D eigenvalue weighted by Gasteiger charge is -1.92. The summed E-state index contributed by atoms with van der Waals surface area (Å²) in [7, 11) is 0. The van der Waals surface area contributed by atoms with Gasteiger partial charge in [-0.2, -0.15) is 5.14 Å². The monoisotopic (exact) mass is 138 g/mol. The zero-order chi connectivity index (χ0) is 6.69. The summed E-state index contributed by atoms with van der Waals surface area (Å²) in [4.78, 5) is 1.00. The third-order valence-corrected chi connectivity index (χ3v) is 1.65. The Kier molecular flexibility index (Phi) is 2.14. The minimum Gasteiger partial charge on any atom is -0.186 e. The Morgan fingerprint density at radius 3 is 2.22 bits per heavy atom. The van der Waals surface area contributed by atoms with Crippen LogP contribution in [0.25, 0.3) is 0 Å². The van der Waals surface area contributed by atoms with Gasteiger partial charge >= 0.3 is 0 Å². The zero-order valence-corrected chi connectivity index (χ0v) is 6.03. The van der Waals surface area contributed by atoms with Crippen molar-refractivity contribution in [2.45, 2.75) is 11.8 Å². The Morgan fingerprint density at radius 1 is 1.22 bits per heavy atom. The van der Waals surface area contributed by atoms with Gasteiger partial charge in [0.05, 0.1) is 0 Å². The Bertz CT molecular complexity index is 181. The molecule has 2 heteroatoms. The van der Waals surface area contributed by atoms with Crippen LogP contribution in [-0.4, -0.2) is 0 Å². The molecule has 0 amide bonds. The van der Waals surface area contributed by atoms with Crippen LogP contribution in [0, 0.1) is 6.92 Å². The molecule has 0 unspecified atom stereocenters. The van der Waals surface area contributed by atoms with E-state index in [1.54, 1.807) is 0 Å². The normalized spacial score (nSPS) is 9.56. The van der Waals surface area contributed by atoms with Crippen molar-refractivity contribution in [1.29, 1.82) is 0 Å². The molecule has 0 heterocycles. The van der Waals surface area contributed by atoms with Gasteiger partial charge in [-0.05, 0) is 31.0 Å². The minimum atomic E-state index is 1.00. The summed E-state index contributed by atoms with van der Waals surface area (Å²) in [6.07, 6.45) is 0.